The Bertz CT molecular complexity index is 579. The molecule has 2 saturated heterocycles. The largest absolute Gasteiger partial charge is 0.453 e. The van der Waals surface area contributed by atoms with Crippen LogP contribution in [0.5, 0.6) is 0 Å². The molecule has 0 unspecified atom stereocenters. The van der Waals surface area contributed by atoms with E-state index in [0.29, 0.717) is 13.1 Å². The lowest BCUT2D eigenvalue weighted by atomic mass is 9.68. The van der Waals surface area contributed by atoms with Gasteiger partial charge in [0.15, 0.2) is 0 Å². The first-order valence-corrected chi connectivity index (χ1v) is 8.17. The molecule has 2 aliphatic heterocycles. The topological polar surface area (TPSA) is 49.9 Å². The van der Waals surface area contributed by atoms with E-state index in [0.717, 1.165) is 31.4 Å². The van der Waals surface area contributed by atoms with Gasteiger partial charge in [0.2, 0.25) is 5.91 Å². The van der Waals surface area contributed by atoms with Crippen LogP contribution in [0, 0.1) is 5.41 Å². The van der Waals surface area contributed by atoms with Crippen molar-refractivity contribution in [1.29, 1.82) is 0 Å². The van der Waals surface area contributed by atoms with Gasteiger partial charge in [-0.3, -0.25) is 4.79 Å². The van der Waals surface area contributed by atoms with E-state index >= 15 is 0 Å². The van der Waals surface area contributed by atoms with Gasteiger partial charge in [-0.2, -0.15) is 0 Å². The van der Waals surface area contributed by atoms with E-state index in [2.05, 4.69) is 0 Å². The van der Waals surface area contributed by atoms with Crippen molar-refractivity contribution in [2.24, 2.45) is 5.41 Å². The third-order valence-electron chi connectivity index (χ3n) is 5.34. The Morgan fingerprint density at radius 3 is 2.48 bits per heavy atom. The average Bonchev–Trinajstić information content (AvgIpc) is 2.59. The predicted octanol–water partition coefficient (Wildman–Crippen LogP) is 2.48. The number of likely N-dealkylation sites (N-methyl/N-ethyl adjacent to an activating group) is 1. The Morgan fingerprint density at radius 2 is 1.87 bits per heavy atom. The first-order chi connectivity index (χ1) is 11.0. The quantitative estimate of drug-likeness (QED) is 0.800. The normalized spacial score (nSPS) is 23.9. The van der Waals surface area contributed by atoms with Gasteiger partial charge in [-0.05, 0) is 30.2 Å². The molecule has 0 radical (unpaired) electrons. The zero-order valence-electron chi connectivity index (χ0n) is 13.8. The number of rotatable bonds is 1. The number of carbonyl (C=O) groups excluding carboxylic acids is 2. The Balaban J connectivity index is 1.77. The van der Waals surface area contributed by atoms with Crippen LogP contribution >= 0.6 is 0 Å². The number of carbonyl (C=O) groups is 2. The summed E-state index contributed by atoms with van der Waals surface area (Å²) in [5, 5.41) is 0. The lowest BCUT2D eigenvalue weighted by Gasteiger charge is -2.48. The molecule has 2 fully saturated rings. The molecule has 5 heteroatoms. The fourth-order valence-electron chi connectivity index (χ4n) is 4.03. The maximum absolute atomic E-state index is 12.6. The minimum absolute atomic E-state index is 0.0698. The number of nitrogens with zero attached hydrogens (tertiary/aromatic N) is 2. The van der Waals surface area contributed by atoms with E-state index in [1.54, 1.807) is 4.90 Å². The monoisotopic (exact) mass is 316 g/mol. The molecule has 5 nitrogen and oxygen atoms in total. The molecule has 1 atom stereocenters. The summed E-state index contributed by atoms with van der Waals surface area (Å²) in [6.45, 7) is 2.19. The third-order valence-corrected chi connectivity index (χ3v) is 5.34. The van der Waals surface area contributed by atoms with Gasteiger partial charge in [-0.1, -0.05) is 30.3 Å². The number of hydrogen-bond donors (Lipinski definition) is 0. The zero-order valence-corrected chi connectivity index (χ0v) is 13.8. The molecule has 0 N–H and O–H groups in total. The number of piperidine rings is 2. The van der Waals surface area contributed by atoms with Crippen LogP contribution in [0.2, 0.25) is 0 Å². The summed E-state index contributed by atoms with van der Waals surface area (Å²) in [6.07, 6.45) is 2.46. The number of ether oxygens (including phenoxy) is 1. The molecule has 0 aromatic heterocycles. The maximum Gasteiger partial charge on any atom is 0.409 e. The highest BCUT2D eigenvalue weighted by atomic mass is 16.5. The van der Waals surface area contributed by atoms with Gasteiger partial charge in [0.25, 0.3) is 0 Å². The van der Waals surface area contributed by atoms with Gasteiger partial charge in [-0.25, -0.2) is 4.79 Å². The van der Waals surface area contributed by atoms with E-state index in [1.807, 2.05) is 42.3 Å². The van der Waals surface area contributed by atoms with Crippen molar-refractivity contribution in [3.8, 4) is 0 Å². The van der Waals surface area contributed by atoms with Crippen LogP contribution in [-0.2, 0) is 9.53 Å². The fraction of sp³-hybridized carbons (Fsp3) is 0.556. The van der Waals surface area contributed by atoms with Crippen molar-refractivity contribution >= 4 is 12.0 Å². The van der Waals surface area contributed by atoms with Crippen molar-refractivity contribution in [3.63, 3.8) is 0 Å². The Labute approximate surface area is 137 Å². The van der Waals surface area contributed by atoms with Crippen molar-refractivity contribution in [3.05, 3.63) is 35.9 Å². The summed E-state index contributed by atoms with van der Waals surface area (Å²) < 4.78 is 4.82. The molecule has 3 rings (SSSR count). The van der Waals surface area contributed by atoms with Crippen LogP contribution in [0.15, 0.2) is 30.3 Å². The second-order valence-corrected chi connectivity index (χ2v) is 6.82. The van der Waals surface area contributed by atoms with Crippen LogP contribution in [0.25, 0.3) is 0 Å². The van der Waals surface area contributed by atoms with E-state index in [-0.39, 0.29) is 23.3 Å². The summed E-state index contributed by atoms with van der Waals surface area (Å²) in [5.41, 5.74) is 1.20. The zero-order chi connectivity index (χ0) is 16.4. The van der Waals surface area contributed by atoms with Gasteiger partial charge >= 0.3 is 6.09 Å². The van der Waals surface area contributed by atoms with Gasteiger partial charge in [0, 0.05) is 26.7 Å². The Hall–Kier alpha value is -2.04. The highest BCUT2D eigenvalue weighted by Gasteiger charge is 2.45. The molecule has 124 valence electrons. The van der Waals surface area contributed by atoms with Crippen molar-refractivity contribution in [2.75, 3.05) is 33.8 Å². The molecule has 1 spiro atoms. The minimum atomic E-state index is -0.250. The van der Waals surface area contributed by atoms with Gasteiger partial charge in [0.1, 0.15) is 0 Å². The standard InChI is InChI=1S/C18H24N2O3/c1-19-13-18(8-10-20(11-9-18)17(22)23-2)12-15(16(19)21)14-6-4-3-5-7-14/h3-7,15H,8-13H2,1-2H3/t15-/m0/s1. The molecular weight excluding hydrogens is 292 g/mol. The van der Waals surface area contributed by atoms with Crippen LogP contribution in [0.4, 0.5) is 4.79 Å². The maximum atomic E-state index is 12.6. The number of benzene rings is 1. The SMILES string of the molecule is COC(=O)N1CCC2(CC1)C[C@@H](c1ccccc1)C(=O)N(C)C2. The smallest absolute Gasteiger partial charge is 0.409 e. The van der Waals surface area contributed by atoms with E-state index in [1.165, 1.54) is 7.11 Å². The van der Waals surface area contributed by atoms with Crippen LogP contribution < -0.4 is 0 Å². The number of amides is 2. The number of hydrogen-bond acceptors (Lipinski definition) is 3. The molecule has 23 heavy (non-hydrogen) atoms. The first kappa shape index (κ1) is 15.8. The summed E-state index contributed by atoms with van der Waals surface area (Å²) in [4.78, 5) is 27.9. The number of likely N-dealkylation sites (tertiary alicyclic amines) is 2. The molecule has 2 amide bonds. The van der Waals surface area contributed by atoms with E-state index in [4.69, 9.17) is 4.74 Å². The molecule has 0 bridgehead atoms. The molecule has 1 aromatic carbocycles. The molecule has 0 saturated carbocycles. The highest BCUT2D eigenvalue weighted by molar-refractivity contribution is 5.84. The first-order valence-electron chi connectivity index (χ1n) is 8.17. The Morgan fingerprint density at radius 1 is 1.22 bits per heavy atom. The second kappa shape index (κ2) is 6.22. The van der Waals surface area contributed by atoms with Crippen LogP contribution in [-0.4, -0.2) is 55.6 Å². The molecule has 0 aliphatic carbocycles. The van der Waals surface area contributed by atoms with Crippen LogP contribution in [0.3, 0.4) is 0 Å². The summed E-state index contributed by atoms with van der Waals surface area (Å²) >= 11 is 0. The van der Waals surface area contributed by atoms with Crippen molar-refractivity contribution in [1.82, 2.24) is 9.80 Å². The minimum Gasteiger partial charge on any atom is -0.453 e. The van der Waals surface area contributed by atoms with Gasteiger partial charge in [-0.15, -0.1) is 0 Å². The van der Waals surface area contributed by atoms with E-state index in [9.17, 15) is 9.59 Å². The van der Waals surface area contributed by atoms with Crippen molar-refractivity contribution in [2.45, 2.75) is 25.2 Å². The highest BCUT2D eigenvalue weighted by Crippen LogP contribution is 2.45. The van der Waals surface area contributed by atoms with Gasteiger partial charge < -0.3 is 14.5 Å². The average molecular weight is 316 g/mol. The molecule has 2 heterocycles. The number of methoxy groups -OCH3 is 1. The van der Waals surface area contributed by atoms with E-state index < -0.39 is 0 Å². The Kier molecular flexibility index (Phi) is 4.28. The third kappa shape index (κ3) is 3.05. The predicted molar refractivity (Wildman–Crippen MR) is 87.1 cm³/mol. The van der Waals surface area contributed by atoms with Crippen molar-refractivity contribution < 1.29 is 14.3 Å². The summed E-state index contributed by atoms with van der Waals surface area (Å²) in [7, 11) is 3.32. The van der Waals surface area contributed by atoms with Crippen LogP contribution in [0.1, 0.15) is 30.7 Å². The molecule has 1 aromatic rings. The fourth-order valence-corrected chi connectivity index (χ4v) is 4.03. The second-order valence-electron chi connectivity index (χ2n) is 6.82. The molecule has 2 aliphatic rings. The summed E-state index contributed by atoms with van der Waals surface area (Å²) in [6, 6.07) is 10.0. The lowest BCUT2D eigenvalue weighted by molar-refractivity contribution is -0.139. The summed E-state index contributed by atoms with van der Waals surface area (Å²) in [5.74, 6) is 0.136. The lowest BCUT2D eigenvalue weighted by Crippen LogP contribution is -2.53. The van der Waals surface area contributed by atoms with Gasteiger partial charge in [0.05, 0.1) is 13.0 Å². The molecular formula is C18H24N2O3.